The molecule has 1 nitrogen and oxygen atoms in total. The standard InChI is InChI=1S/C19H23N/c1-19(2,3)17-11-12-20-18-10-9-15(13-16(17)18)14-7-5-4-6-8-14/h4-10,13,17,20H,11-12H2,1-3H3. The summed E-state index contributed by atoms with van der Waals surface area (Å²) < 4.78 is 0. The van der Waals surface area contributed by atoms with Gasteiger partial charge in [0.1, 0.15) is 0 Å². The fourth-order valence-electron chi connectivity index (χ4n) is 3.23. The highest BCUT2D eigenvalue weighted by molar-refractivity contribution is 5.69. The van der Waals surface area contributed by atoms with Crippen LogP contribution in [0.15, 0.2) is 48.5 Å². The maximum absolute atomic E-state index is 3.54. The molecule has 0 radical (unpaired) electrons. The zero-order valence-electron chi connectivity index (χ0n) is 12.6. The van der Waals surface area contributed by atoms with Gasteiger partial charge in [0, 0.05) is 12.2 Å². The first-order valence-electron chi connectivity index (χ1n) is 7.49. The van der Waals surface area contributed by atoms with Crippen LogP contribution in [0.4, 0.5) is 5.69 Å². The van der Waals surface area contributed by atoms with Gasteiger partial charge < -0.3 is 5.32 Å². The average molecular weight is 265 g/mol. The van der Waals surface area contributed by atoms with Crippen molar-refractivity contribution in [3.8, 4) is 11.1 Å². The second-order valence-corrected chi connectivity index (χ2v) is 6.80. The largest absolute Gasteiger partial charge is 0.385 e. The van der Waals surface area contributed by atoms with Crippen LogP contribution in [-0.4, -0.2) is 6.54 Å². The fourth-order valence-corrected chi connectivity index (χ4v) is 3.23. The first-order chi connectivity index (χ1) is 9.55. The van der Waals surface area contributed by atoms with Crippen LogP contribution in [-0.2, 0) is 0 Å². The number of hydrogen-bond acceptors (Lipinski definition) is 1. The van der Waals surface area contributed by atoms with E-state index in [4.69, 9.17) is 0 Å². The Labute approximate surface area is 122 Å². The summed E-state index contributed by atoms with van der Waals surface area (Å²) in [5.74, 6) is 0.627. The van der Waals surface area contributed by atoms with Crippen LogP contribution >= 0.6 is 0 Å². The van der Waals surface area contributed by atoms with Crippen molar-refractivity contribution in [2.24, 2.45) is 5.41 Å². The molecule has 0 saturated heterocycles. The molecule has 0 saturated carbocycles. The Bertz CT molecular complexity index is 593. The van der Waals surface area contributed by atoms with Gasteiger partial charge >= 0.3 is 0 Å². The summed E-state index contributed by atoms with van der Waals surface area (Å²) in [7, 11) is 0. The molecule has 2 aromatic rings. The normalized spacial score (nSPS) is 18.2. The van der Waals surface area contributed by atoms with Crippen molar-refractivity contribution in [1.29, 1.82) is 0 Å². The second-order valence-electron chi connectivity index (χ2n) is 6.80. The lowest BCUT2D eigenvalue weighted by molar-refractivity contribution is 0.306. The van der Waals surface area contributed by atoms with Crippen LogP contribution < -0.4 is 5.32 Å². The molecule has 1 aliphatic heterocycles. The molecule has 1 N–H and O–H groups in total. The molecule has 0 aliphatic carbocycles. The Kier molecular flexibility index (Phi) is 3.29. The maximum Gasteiger partial charge on any atom is 0.0376 e. The zero-order chi connectivity index (χ0) is 14.2. The molecule has 1 aliphatic rings. The highest BCUT2D eigenvalue weighted by Crippen LogP contribution is 2.44. The molecule has 0 bridgehead atoms. The number of benzene rings is 2. The predicted molar refractivity (Wildman–Crippen MR) is 87.2 cm³/mol. The monoisotopic (exact) mass is 265 g/mol. The van der Waals surface area contributed by atoms with Gasteiger partial charge in [0.2, 0.25) is 0 Å². The lowest BCUT2D eigenvalue weighted by Crippen LogP contribution is -2.26. The van der Waals surface area contributed by atoms with Gasteiger partial charge in [-0.2, -0.15) is 0 Å². The Morgan fingerprint density at radius 3 is 2.40 bits per heavy atom. The number of anilines is 1. The summed E-state index contributed by atoms with van der Waals surface area (Å²) in [4.78, 5) is 0. The van der Waals surface area contributed by atoms with Gasteiger partial charge in [-0.05, 0) is 46.6 Å². The summed E-state index contributed by atoms with van der Waals surface area (Å²) in [5, 5.41) is 3.54. The van der Waals surface area contributed by atoms with Crippen LogP contribution in [0.1, 0.15) is 38.7 Å². The molecule has 0 spiro atoms. The van der Waals surface area contributed by atoms with Gasteiger partial charge in [-0.1, -0.05) is 57.2 Å². The molecule has 2 aromatic carbocycles. The van der Waals surface area contributed by atoms with Crippen molar-refractivity contribution in [2.45, 2.75) is 33.1 Å². The lowest BCUT2D eigenvalue weighted by atomic mass is 9.72. The summed E-state index contributed by atoms with van der Waals surface area (Å²) in [6, 6.07) is 17.5. The minimum Gasteiger partial charge on any atom is -0.385 e. The van der Waals surface area contributed by atoms with E-state index in [9.17, 15) is 0 Å². The molecule has 1 atom stereocenters. The van der Waals surface area contributed by atoms with Gasteiger partial charge in [0.15, 0.2) is 0 Å². The third kappa shape index (κ3) is 2.45. The summed E-state index contributed by atoms with van der Waals surface area (Å²) in [6.07, 6.45) is 1.22. The molecular weight excluding hydrogens is 242 g/mol. The third-order valence-electron chi connectivity index (χ3n) is 4.33. The van der Waals surface area contributed by atoms with E-state index in [1.807, 2.05) is 0 Å². The minimum absolute atomic E-state index is 0.312. The van der Waals surface area contributed by atoms with E-state index in [-0.39, 0.29) is 0 Å². The number of fused-ring (bicyclic) bond motifs is 1. The summed E-state index contributed by atoms with van der Waals surface area (Å²) >= 11 is 0. The van der Waals surface area contributed by atoms with E-state index >= 15 is 0 Å². The van der Waals surface area contributed by atoms with Gasteiger partial charge in [-0.3, -0.25) is 0 Å². The minimum atomic E-state index is 0.312. The van der Waals surface area contributed by atoms with Crippen LogP contribution in [0.5, 0.6) is 0 Å². The van der Waals surface area contributed by atoms with E-state index in [0.29, 0.717) is 11.3 Å². The summed E-state index contributed by atoms with van der Waals surface area (Å²) in [6.45, 7) is 8.13. The Morgan fingerprint density at radius 2 is 1.70 bits per heavy atom. The van der Waals surface area contributed by atoms with Gasteiger partial charge in [0.05, 0.1) is 0 Å². The first kappa shape index (κ1) is 13.2. The molecule has 0 amide bonds. The van der Waals surface area contributed by atoms with E-state index in [2.05, 4.69) is 74.6 Å². The molecule has 20 heavy (non-hydrogen) atoms. The Balaban J connectivity index is 2.07. The lowest BCUT2D eigenvalue weighted by Gasteiger charge is -2.36. The maximum atomic E-state index is 3.54. The summed E-state index contributed by atoms with van der Waals surface area (Å²) in [5.41, 5.74) is 5.73. The van der Waals surface area contributed by atoms with Crippen LogP contribution in [0.3, 0.4) is 0 Å². The molecule has 0 fully saturated rings. The average Bonchev–Trinajstić information content (AvgIpc) is 2.46. The molecule has 1 heteroatoms. The Hall–Kier alpha value is -1.76. The van der Waals surface area contributed by atoms with E-state index in [0.717, 1.165) is 6.54 Å². The molecule has 3 rings (SSSR count). The van der Waals surface area contributed by atoms with Gasteiger partial charge in [0.25, 0.3) is 0 Å². The van der Waals surface area contributed by atoms with E-state index in [1.54, 1.807) is 0 Å². The van der Waals surface area contributed by atoms with Crippen LogP contribution in [0.25, 0.3) is 11.1 Å². The molecular formula is C19H23N. The quantitative estimate of drug-likeness (QED) is 0.738. The van der Waals surface area contributed by atoms with Crippen molar-refractivity contribution in [2.75, 3.05) is 11.9 Å². The van der Waals surface area contributed by atoms with E-state index < -0.39 is 0 Å². The zero-order valence-corrected chi connectivity index (χ0v) is 12.6. The van der Waals surface area contributed by atoms with E-state index in [1.165, 1.54) is 28.8 Å². The third-order valence-corrected chi connectivity index (χ3v) is 4.33. The highest BCUT2D eigenvalue weighted by atomic mass is 14.9. The SMILES string of the molecule is CC(C)(C)C1CCNc2ccc(-c3ccccc3)cc21. The van der Waals surface area contributed by atoms with Crippen molar-refractivity contribution in [1.82, 2.24) is 0 Å². The molecule has 1 heterocycles. The van der Waals surface area contributed by atoms with Gasteiger partial charge in [-0.25, -0.2) is 0 Å². The van der Waals surface area contributed by atoms with Gasteiger partial charge in [-0.15, -0.1) is 0 Å². The van der Waals surface area contributed by atoms with Crippen molar-refractivity contribution in [3.63, 3.8) is 0 Å². The predicted octanol–water partition coefficient (Wildman–Crippen LogP) is 5.30. The number of rotatable bonds is 1. The fraction of sp³-hybridized carbons (Fsp3) is 0.368. The molecule has 1 unspecified atom stereocenters. The molecule has 104 valence electrons. The smallest absolute Gasteiger partial charge is 0.0376 e. The van der Waals surface area contributed by atoms with Crippen LogP contribution in [0, 0.1) is 5.41 Å². The highest BCUT2D eigenvalue weighted by Gasteiger charge is 2.30. The van der Waals surface area contributed by atoms with Crippen molar-refractivity contribution < 1.29 is 0 Å². The topological polar surface area (TPSA) is 12.0 Å². The van der Waals surface area contributed by atoms with Crippen LogP contribution in [0.2, 0.25) is 0 Å². The molecule has 0 aromatic heterocycles. The van der Waals surface area contributed by atoms with Crippen molar-refractivity contribution >= 4 is 5.69 Å². The first-order valence-corrected chi connectivity index (χ1v) is 7.49. The number of nitrogens with one attached hydrogen (secondary N) is 1. The van der Waals surface area contributed by atoms with Crippen molar-refractivity contribution in [3.05, 3.63) is 54.1 Å². The second kappa shape index (κ2) is 4.97. The number of hydrogen-bond donors (Lipinski definition) is 1. The Morgan fingerprint density at radius 1 is 0.950 bits per heavy atom.